The molecule has 0 bridgehead atoms. The number of amides is 3. The lowest BCUT2D eigenvalue weighted by atomic mass is 10.2. The fraction of sp³-hybridized carbons (Fsp3) is 0.353. The van der Waals surface area contributed by atoms with E-state index in [-0.39, 0.29) is 17.9 Å². The van der Waals surface area contributed by atoms with Crippen LogP contribution in [0.1, 0.15) is 30.5 Å². The van der Waals surface area contributed by atoms with Crippen molar-refractivity contribution in [3.8, 4) is 0 Å². The quantitative estimate of drug-likeness (QED) is 0.872. The van der Waals surface area contributed by atoms with Crippen LogP contribution in [-0.4, -0.2) is 30.5 Å². The van der Waals surface area contributed by atoms with Crippen LogP contribution in [0, 0.1) is 6.92 Å². The summed E-state index contributed by atoms with van der Waals surface area (Å²) in [5, 5.41) is 8.64. The first-order chi connectivity index (χ1) is 11.4. The second kappa shape index (κ2) is 7.92. The van der Waals surface area contributed by atoms with E-state index in [9.17, 15) is 9.59 Å². The maximum absolute atomic E-state index is 12.0. The van der Waals surface area contributed by atoms with Crippen molar-refractivity contribution in [1.82, 2.24) is 10.3 Å². The molecule has 1 aromatic heterocycles. The fourth-order valence-corrected chi connectivity index (χ4v) is 2.94. The van der Waals surface area contributed by atoms with E-state index in [0.717, 1.165) is 16.4 Å². The van der Waals surface area contributed by atoms with Crippen molar-refractivity contribution in [2.24, 2.45) is 0 Å². The first kappa shape index (κ1) is 17.9. The molecule has 0 radical (unpaired) electrons. The monoisotopic (exact) mass is 346 g/mol. The summed E-state index contributed by atoms with van der Waals surface area (Å²) >= 11 is 1.60. The van der Waals surface area contributed by atoms with Gasteiger partial charge >= 0.3 is 6.03 Å². The summed E-state index contributed by atoms with van der Waals surface area (Å²) in [6.45, 7) is 5.99. The predicted octanol–water partition coefficient (Wildman–Crippen LogP) is 3.36. The van der Waals surface area contributed by atoms with Crippen LogP contribution in [0.3, 0.4) is 0 Å². The van der Waals surface area contributed by atoms with Crippen LogP contribution in [0.2, 0.25) is 0 Å². The van der Waals surface area contributed by atoms with Crippen LogP contribution in [0.25, 0.3) is 0 Å². The molecule has 0 fully saturated rings. The van der Waals surface area contributed by atoms with Gasteiger partial charge in [-0.2, -0.15) is 0 Å². The molecule has 7 heteroatoms. The highest BCUT2D eigenvalue weighted by Crippen LogP contribution is 2.20. The van der Waals surface area contributed by atoms with Gasteiger partial charge in [-0.3, -0.25) is 4.79 Å². The van der Waals surface area contributed by atoms with Crippen LogP contribution < -0.4 is 15.5 Å². The molecule has 1 aromatic carbocycles. The van der Waals surface area contributed by atoms with E-state index in [2.05, 4.69) is 15.6 Å². The molecule has 1 unspecified atom stereocenters. The van der Waals surface area contributed by atoms with Gasteiger partial charge in [-0.1, -0.05) is 13.0 Å². The second-order valence-electron chi connectivity index (χ2n) is 5.69. The van der Waals surface area contributed by atoms with Crippen molar-refractivity contribution >= 4 is 34.6 Å². The van der Waals surface area contributed by atoms with E-state index in [1.807, 2.05) is 25.3 Å². The lowest BCUT2D eigenvalue weighted by Gasteiger charge is -2.16. The van der Waals surface area contributed by atoms with Crippen molar-refractivity contribution < 1.29 is 9.59 Å². The molecule has 1 heterocycles. The van der Waals surface area contributed by atoms with Crippen LogP contribution in [0.15, 0.2) is 29.6 Å². The largest absolute Gasteiger partial charge is 0.337 e. The summed E-state index contributed by atoms with van der Waals surface area (Å²) in [5.41, 5.74) is 2.36. The minimum absolute atomic E-state index is 0.0656. The Hall–Kier alpha value is -2.41. The SMILES string of the molecule is CC(=O)N(C)c1cccc(NC(=O)NCC(C)c2nc(C)cs2)c1. The fourth-order valence-electron chi connectivity index (χ4n) is 2.08. The zero-order chi connectivity index (χ0) is 17.7. The van der Waals surface area contributed by atoms with Gasteiger partial charge in [0.1, 0.15) is 0 Å². The molecule has 1 atom stereocenters. The molecule has 0 aliphatic heterocycles. The van der Waals surface area contributed by atoms with E-state index < -0.39 is 0 Å². The molecule has 0 saturated carbocycles. The Kier molecular flexibility index (Phi) is 5.92. The Morgan fingerprint density at radius 2 is 2.12 bits per heavy atom. The highest BCUT2D eigenvalue weighted by atomic mass is 32.1. The number of aromatic nitrogens is 1. The number of nitrogens with zero attached hydrogens (tertiary/aromatic N) is 2. The molecule has 3 amide bonds. The van der Waals surface area contributed by atoms with Gasteiger partial charge in [-0.05, 0) is 25.1 Å². The summed E-state index contributed by atoms with van der Waals surface area (Å²) in [6, 6.07) is 6.87. The number of thiazole rings is 1. The first-order valence-corrected chi connectivity index (χ1v) is 8.56. The van der Waals surface area contributed by atoms with Gasteiger partial charge in [0.25, 0.3) is 0 Å². The molecule has 2 N–H and O–H groups in total. The second-order valence-corrected chi connectivity index (χ2v) is 6.58. The molecule has 2 rings (SSSR count). The van der Waals surface area contributed by atoms with Crippen molar-refractivity contribution in [3.63, 3.8) is 0 Å². The van der Waals surface area contributed by atoms with Gasteiger partial charge in [-0.15, -0.1) is 11.3 Å². The van der Waals surface area contributed by atoms with Crippen LogP contribution in [-0.2, 0) is 4.79 Å². The lowest BCUT2D eigenvalue weighted by molar-refractivity contribution is -0.116. The number of hydrogen-bond donors (Lipinski definition) is 2. The van der Waals surface area contributed by atoms with Gasteiger partial charge in [0, 0.05) is 48.9 Å². The van der Waals surface area contributed by atoms with Gasteiger partial charge < -0.3 is 15.5 Å². The van der Waals surface area contributed by atoms with Crippen LogP contribution in [0.4, 0.5) is 16.2 Å². The van der Waals surface area contributed by atoms with E-state index in [1.165, 1.54) is 11.8 Å². The number of anilines is 2. The Bertz CT molecular complexity index is 729. The summed E-state index contributed by atoms with van der Waals surface area (Å²) in [6.07, 6.45) is 0. The summed E-state index contributed by atoms with van der Waals surface area (Å²) in [4.78, 5) is 29.4. The van der Waals surface area contributed by atoms with Gasteiger partial charge in [0.05, 0.1) is 5.01 Å². The molecule has 0 aliphatic rings. The molecule has 0 saturated heterocycles. The Morgan fingerprint density at radius 3 is 2.75 bits per heavy atom. The number of aryl methyl sites for hydroxylation is 1. The highest BCUT2D eigenvalue weighted by Gasteiger charge is 2.12. The summed E-state index contributed by atoms with van der Waals surface area (Å²) in [7, 11) is 1.69. The Balaban J connectivity index is 1.90. The van der Waals surface area contributed by atoms with Crippen LogP contribution in [0.5, 0.6) is 0 Å². The molecule has 0 spiro atoms. The van der Waals surface area contributed by atoms with E-state index in [0.29, 0.717) is 12.2 Å². The molecular formula is C17H22N4O2S. The molecule has 6 nitrogen and oxygen atoms in total. The predicted molar refractivity (Wildman–Crippen MR) is 97.8 cm³/mol. The molecule has 24 heavy (non-hydrogen) atoms. The highest BCUT2D eigenvalue weighted by molar-refractivity contribution is 7.09. The standard InChI is InChI=1S/C17H22N4O2S/c1-11(16-19-12(2)10-24-16)9-18-17(23)20-14-6-5-7-15(8-14)21(4)13(3)22/h5-8,10-11H,9H2,1-4H3,(H2,18,20,23). The topological polar surface area (TPSA) is 74.3 Å². The third kappa shape index (κ3) is 4.79. The van der Waals surface area contributed by atoms with Crippen molar-refractivity contribution in [2.75, 3.05) is 23.8 Å². The maximum atomic E-state index is 12.0. The minimum Gasteiger partial charge on any atom is -0.337 e. The van der Waals surface area contributed by atoms with Gasteiger partial charge in [-0.25, -0.2) is 9.78 Å². The third-order valence-electron chi connectivity index (χ3n) is 3.59. The van der Waals surface area contributed by atoms with Gasteiger partial charge in [0.2, 0.25) is 5.91 Å². The molecule has 2 aromatic rings. The van der Waals surface area contributed by atoms with Crippen molar-refractivity contribution in [2.45, 2.75) is 26.7 Å². The zero-order valence-electron chi connectivity index (χ0n) is 14.3. The average Bonchev–Trinajstić information content (AvgIpc) is 2.98. The summed E-state index contributed by atoms with van der Waals surface area (Å²) < 4.78 is 0. The number of carbonyl (C=O) groups is 2. The third-order valence-corrected chi connectivity index (χ3v) is 4.78. The molecule has 128 valence electrons. The van der Waals surface area contributed by atoms with E-state index >= 15 is 0 Å². The lowest BCUT2D eigenvalue weighted by Crippen LogP contribution is -2.31. The average molecular weight is 346 g/mol. The molecule has 0 aliphatic carbocycles. The number of benzene rings is 1. The zero-order valence-corrected chi connectivity index (χ0v) is 15.1. The van der Waals surface area contributed by atoms with Gasteiger partial charge in [0.15, 0.2) is 0 Å². The normalized spacial score (nSPS) is 11.7. The van der Waals surface area contributed by atoms with Crippen LogP contribution >= 0.6 is 11.3 Å². The number of nitrogens with one attached hydrogen (secondary N) is 2. The Labute approximate surface area is 145 Å². The number of hydrogen-bond acceptors (Lipinski definition) is 4. The maximum Gasteiger partial charge on any atom is 0.319 e. The van der Waals surface area contributed by atoms with E-state index in [4.69, 9.17) is 0 Å². The van der Waals surface area contributed by atoms with Crippen molar-refractivity contribution in [1.29, 1.82) is 0 Å². The number of urea groups is 1. The summed E-state index contributed by atoms with van der Waals surface area (Å²) in [5.74, 6) is 0.0915. The minimum atomic E-state index is -0.280. The first-order valence-electron chi connectivity index (χ1n) is 7.68. The number of rotatable bonds is 5. The Morgan fingerprint density at radius 1 is 1.38 bits per heavy atom. The number of carbonyl (C=O) groups excluding carboxylic acids is 2. The van der Waals surface area contributed by atoms with E-state index in [1.54, 1.807) is 36.6 Å². The molecular weight excluding hydrogens is 324 g/mol. The smallest absolute Gasteiger partial charge is 0.319 e. The van der Waals surface area contributed by atoms with Crippen molar-refractivity contribution in [3.05, 3.63) is 40.3 Å².